The SMILES string of the molecule is CC(=O)OCCOCCOCC(C)C. The van der Waals surface area contributed by atoms with Crippen molar-refractivity contribution in [1.82, 2.24) is 0 Å². The van der Waals surface area contributed by atoms with Crippen LogP contribution in [0.4, 0.5) is 0 Å². The number of hydrogen-bond donors (Lipinski definition) is 0. The molecule has 0 amide bonds. The van der Waals surface area contributed by atoms with Gasteiger partial charge in [0, 0.05) is 13.5 Å². The summed E-state index contributed by atoms with van der Waals surface area (Å²) in [6, 6.07) is 0. The van der Waals surface area contributed by atoms with Crippen LogP contribution in [0.15, 0.2) is 0 Å². The van der Waals surface area contributed by atoms with Crippen molar-refractivity contribution >= 4 is 5.97 Å². The van der Waals surface area contributed by atoms with E-state index in [1.807, 2.05) is 0 Å². The van der Waals surface area contributed by atoms with Crippen LogP contribution in [0.5, 0.6) is 0 Å². The lowest BCUT2D eigenvalue weighted by molar-refractivity contribution is -0.142. The molecule has 0 aliphatic carbocycles. The summed E-state index contributed by atoms with van der Waals surface area (Å²) in [5.74, 6) is 0.278. The molecule has 0 spiro atoms. The number of hydrogen-bond acceptors (Lipinski definition) is 4. The fourth-order valence-electron chi connectivity index (χ4n) is 0.783. The normalized spacial score (nSPS) is 10.6. The van der Waals surface area contributed by atoms with Gasteiger partial charge in [-0.15, -0.1) is 0 Å². The lowest BCUT2D eigenvalue weighted by atomic mass is 10.2. The molecule has 0 aromatic heterocycles. The van der Waals surface area contributed by atoms with Gasteiger partial charge in [0.05, 0.1) is 19.8 Å². The number of esters is 1. The summed E-state index contributed by atoms with van der Waals surface area (Å²) in [5, 5.41) is 0. The summed E-state index contributed by atoms with van der Waals surface area (Å²) in [6.07, 6.45) is 0. The highest BCUT2D eigenvalue weighted by Crippen LogP contribution is 1.91. The molecule has 14 heavy (non-hydrogen) atoms. The lowest BCUT2D eigenvalue weighted by Gasteiger charge is -2.07. The number of carbonyl (C=O) groups excluding carboxylic acids is 1. The van der Waals surface area contributed by atoms with Crippen molar-refractivity contribution < 1.29 is 19.0 Å². The molecule has 0 saturated carbocycles. The molecule has 4 nitrogen and oxygen atoms in total. The zero-order chi connectivity index (χ0) is 10.8. The summed E-state index contributed by atoms with van der Waals surface area (Å²) >= 11 is 0. The van der Waals surface area contributed by atoms with Gasteiger partial charge in [0.25, 0.3) is 0 Å². The second-order valence-electron chi connectivity index (χ2n) is 3.42. The van der Waals surface area contributed by atoms with Crippen molar-refractivity contribution in [1.29, 1.82) is 0 Å². The molecule has 0 unspecified atom stereocenters. The van der Waals surface area contributed by atoms with Gasteiger partial charge in [0.1, 0.15) is 6.61 Å². The standard InChI is InChI=1S/C10H20O4/c1-9(2)8-13-5-4-12-6-7-14-10(3)11/h9H,4-8H2,1-3H3. The number of ether oxygens (including phenoxy) is 3. The minimum absolute atomic E-state index is 0.273. The van der Waals surface area contributed by atoms with Crippen LogP contribution in [0.2, 0.25) is 0 Å². The Morgan fingerprint density at radius 2 is 1.64 bits per heavy atom. The first-order valence-corrected chi connectivity index (χ1v) is 4.91. The third-order valence-corrected chi connectivity index (χ3v) is 1.36. The molecule has 0 aliphatic rings. The molecule has 4 heteroatoms. The van der Waals surface area contributed by atoms with Crippen molar-refractivity contribution in [2.75, 3.05) is 33.0 Å². The zero-order valence-electron chi connectivity index (χ0n) is 9.25. The highest BCUT2D eigenvalue weighted by Gasteiger charge is 1.95. The van der Waals surface area contributed by atoms with Crippen LogP contribution < -0.4 is 0 Å². The molecule has 84 valence electrons. The summed E-state index contributed by atoms with van der Waals surface area (Å²) in [7, 11) is 0. The van der Waals surface area contributed by atoms with Crippen LogP contribution in [-0.2, 0) is 19.0 Å². The van der Waals surface area contributed by atoms with Gasteiger partial charge >= 0.3 is 5.97 Å². The van der Waals surface area contributed by atoms with E-state index in [4.69, 9.17) is 9.47 Å². The van der Waals surface area contributed by atoms with Crippen molar-refractivity contribution in [3.63, 3.8) is 0 Å². The number of carbonyl (C=O) groups is 1. The van der Waals surface area contributed by atoms with Gasteiger partial charge < -0.3 is 14.2 Å². The van der Waals surface area contributed by atoms with Crippen LogP contribution in [-0.4, -0.2) is 39.0 Å². The molecule has 0 saturated heterocycles. The second kappa shape index (κ2) is 8.97. The molecule has 0 aromatic carbocycles. The maximum Gasteiger partial charge on any atom is 0.302 e. The topological polar surface area (TPSA) is 44.8 Å². The Labute approximate surface area is 85.5 Å². The van der Waals surface area contributed by atoms with Gasteiger partial charge in [-0.05, 0) is 5.92 Å². The van der Waals surface area contributed by atoms with Gasteiger partial charge in [-0.25, -0.2) is 0 Å². The van der Waals surface area contributed by atoms with Crippen molar-refractivity contribution in [3.05, 3.63) is 0 Å². The predicted molar refractivity (Wildman–Crippen MR) is 53.1 cm³/mol. The van der Waals surface area contributed by atoms with E-state index >= 15 is 0 Å². The first kappa shape index (κ1) is 13.4. The Morgan fingerprint density at radius 1 is 1.07 bits per heavy atom. The molecule has 0 N–H and O–H groups in total. The average Bonchev–Trinajstić information content (AvgIpc) is 2.08. The lowest BCUT2D eigenvalue weighted by Crippen LogP contribution is -2.12. The van der Waals surface area contributed by atoms with Crippen LogP contribution in [0.1, 0.15) is 20.8 Å². The predicted octanol–water partition coefficient (Wildman–Crippen LogP) is 1.24. The van der Waals surface area contributed by atoms with Crippen LogP contribution in [0.25, 0.3) is 0 Å². The first-order valence-electron chi connectivity index (χ1n) is 4.91. The monoisotopic (exact) mass is 204 g/mol. The molecule has 0 rings (SSSR count). The Balaban J connectivity index is 2.96. The fraction of sp³-hybridized carbons (Fsp3) is 0.900. The third kappa shape index (κ3) is 11.4. The van der Waals surface area contributed by atoms with Crippen LogP contribution in [0.3, 0.4) is 0 Å². The van der Waals surface area contributed by atoms with E-state index < -0.39 is 0 Å². The van der Waals surface area contributed by atoms with E-state index in [0.717, 1.165) is 6.61 Å². The maximum absolute atomic E-state index is 10.4. The quantitative estimate of drug-likeness (QED) is 0.441. The molecule has 0 radical (unpaired) electrons. The molecule has 0 aliphatic heterocycles. The van der Waals surface area contributed by atoms with Crippen LogP contribution >= 0.6 is 0 Å². The largest absolute Gasteiger partial charge is 0.463 e. The second-order valence-corrected chi connectivity index (χ2v) is 3.42. The Hall–Kier alpha value is -0.610. The van der Waals surface area contributed by atoms with E-state index in [0.29, 0.717) is 32.3 Å². The summed E-state index contributed by atoms with van der Waals surface area (Å²) in [6.45, 7) is 8.23. The maximum atomic E-state index is 10.4. The fourth-order valence-corrected chi connectivity index (χ4v) is 0.783. The molecule has 0 fully saturated rings. The van der Waals surface area contributed by atoms with Gasteiger partial charge in [0.2, 0.25) is 0 Å². The Kier molecular flexibility index (Phi) is 8.57. The van der Waals surface area contributed by atoms with Crippen molar-refractivity contribution in [2.45, 2.75) is 20.8 Å². The smallest absolute Gasteiger partial charge is 0.302 e. The zero-order valence-corrected chi connectivity index (χ0v) is 9.25. The molecular weight excluding hydrogens is 184 g/mol. The minimum atomic E-state index is -0.273. The van der Waals surface area contributed by atoms with Crippen molar-refractivity contribution in [3.8, 4) is 0 Å². The van der Waals surface area contributed by atoms with Gasteiger partial charge in [-0.1, -0.05) is 13.8 Å². The van der Waals surface area contributed by atoms with E-state index in [-0.39, 0.29) is 5.97 Å². The highest BCUT2D eigenvalue weighted by molar-refractivity contribution is 5.65. The number of rotatable bonds is 8. The minimum Gasteiger partial charge on any atom is -0.463 e. The van der Waals surface area contributed by atoms with E-state index in [2.05, 4.69) is 18.6 Å². The molecular formula is C10H20O4. The van der Waals surface area contributed by atoms with Gasteiger partial charge in [-0.3, -0.25) is 4.79 Å². The molecule has 0 bridgehead atoms. The third-order valence-electron chi connectivity index (χ3n) is 1.36. The summed E-state index contributed by atoms with van der Waals surface area (Å²) in [4.78, 5) is 10.4. The highest BCUT2D eigenvalue weighted by atomic mass is 16.6. The van der Waals surface area contributed by atoms with Crippen LogP contribution in [0, 0.1) is 5.92 Å². The van der Waals surface area contributed by atoms with Gasteiger partial charge in [0.15, 0.2) is 0 Å². The molecule has 0 aromatic rings. The average molecular weight is 204 g/mol. The van der Waals surface area contributed by atoms with E-state index in [9.17, 15) is 4.79 Å². The van der Waals surface area contributed by atoms with Crippen molar-refractivity contribution in [2.24, 2.45) is 5.92 Å². The Bertz CT molecular complexity index is 145. The Morgan fingerprint density at radius 3 is 2.21 bits per heavy atom. The van der Waals surface area contributed by atoms with Gasteiger partial charge in [-0.2, -0.15) is 0 Å². The van der Waals surface area contributed by atoms with E-state index in [1.54, 1.807) is 0 Å². The molecule has 0 atom stereocenters. The molecule has 0 heterocycles. The summed E-state index contributed by atoms with van der Waals surface area (Å²) < 4.78 is 15.1. The van der Waals surface area contributed by atoms with E-state index in [1.165, 1.54) is 6.92 Å². The summed E-state index contributed by atoms with van der Waals surface area (Å²) in [5.41, 5.74) is 0. The first-order chi connectivity index (χ1) is 6.63.